The highest BCUT2D eigenvalue weighted by Gasteiger charge is 2.37. The van der Waals surface area contributed by atoms with E-state index in [4.69, 9.17) is 5.84 Å². The van der Waals surface area contributed by atoms with Gasteiger partial charge in [-0.15, -0.1) is 12.4 Å². The summed E-state index contributed by atoms with van der Waals surface area (Å²) < 4.78 is 0. The highest BCUT2D eigenvalue weighted by atomic mass is 35.5. The van der Waals surface area contributed by atoms with Crippen molar-refractivity contribution in [3.05, 3.63) is 24.3 Å². The predicted octanol–water partition coefficient (Wildman–Crippen LogP) is -1.32. The topological polar surface area (TPSA) is 198 Å². The van der Waals surface area contributed by atoms with Gasteiger partial charge in [-0.1, -0.05) is 0 Å². The molecule has 0 unspecified atom stereocenters. The molecular formula is C28H45ClN10O5. The van der Waals surface area contributed by atoms with Gasteiger partial charge in [-0.05, 0) is 44.4 Å². The summed E-state index contributed by atoms with van der Waals surface area (Å²) in [5.41, 5.74) is 0.176. The lowest BCUT2D eigenvalue weighted by molar-refractivity contribution is -0.139. The van der Waals surface area contributed by atoms with Crippen molar-refractivity contribution in [1.82, 2.24) is 40.6 Å². The van der Waals surface area contributed by atoms with E-state index in [0.29, 0.717) is 32.5 Å². The summed E-state index contributed by atoms with van der Waals surface area (Å²) in [7, 11) is 0. The number of aliphatic hydroxyl groups excluding tert-OH is 1. The number of aromatic nitrogens is 2. The Morgan fingerprint density at radius 2 is 1.86 bits per heavy atom. The Morgan fingerprint density at radius 3 is 2.55 bits per heavy atom. The molecule has 244 valence electrons. The van der Waals surface area contributed by atoms with E-state index in [1.165, 1.54) is 18.6 Å². The molecule has 1 aromatic rings. The lowest BCUT2D eigenvalue weighted by atomic mass is 9.98. The second kappa shape index (κ2) is 17.7. The molecule has 3 fully saturated rings. The van der Waals surface area contributed by atoms with Crippen molar-refractivity contribution in [1.29, 1.82) is 0 Å². The first-order chi connectivity index (χ1) is 20.8. The van der Waals surface area contributed by atoms with Crippen molar-refractivity contribution in [3.8, 4) is 0 Å². The number of amides is 4. The normalized spacial score (nSPS) is 19.9. The number of piperidine rings is 2. The Balaban J connectivity index is 0.00000529. The third kappa shape index (κ3) is 11.2. The Bertz CT molecular complexity index is 1120. The molecule has 1 aromatic heterocycles. The maximum absolute atomic E-state index is 13.8. The number of hydrogen-bond acceptors (Lipinski definition) is 10. The maximum atomic E-state index is 13.8. The van der Waals surface area contributed by atoms with Gasteiger partial charge in [0.05, 0.1) is 25.3 Å². The summed E-state index contributed by atoms with van der Waals surface area (Å²) in [4.78, 5) is 65.8. The fourth-order valence-electron chi connectivity index (χ4n) is 5.56. The first-order valence-electron chi connectivity index (χ1n) is 15.1. The number of nitrogens with one attached hydrogen (secondary N) is 3. The lowest BCUT2D eigenvalue weighted by Gasteiger charge is -2.32. The van der Waals surface area contributed by atoms with Crippen LogP contribution in [0.1, 0.15) is 55.4 Å². The summed E-state index contributed by atoms with van der Waals surface area (Å²) in [6.07, 6.45) is 10.0. The largest absolute Gasteiger partial charge is 0.393 e. The highest BCUT2D eigenvalue weighted by molar-refractivity contribution is 5.93. The average molecular weight is 637 g/mol. The minimum Gasteiger partial charge on any atom is -0.393 e. The number of hydrazone groups is 1. The van der Waals surface area contributed by atoms with Gasteiger partial charge >= 0.3 is 0 Å². The van der Waals surface area contributed by atoms with Crippen LogP contribution in [-0.2, 0) is 14.4 Å². The SMILES string of the molecule is Cl.NN=CN1CCC[C@@H](CNC(=O)C[C@H](NC(=O)CN2CCC(O)CC2)C(=O)N(CCNC(=O)c2cnccn2)C2CC2)C1. The van der Waals surface area contributed by atoms with Gasteiger partial charge in [0.2, 0.25) is 17.7 Å². The molecule has 44 heavy (non-hydrogen) atoms. The maximum Gasteiger partial charge on any atom is 0.271 e. The number of rotatable bonds is 14. The van der Waals surface area contributed by atoms with E-state index >= 15 is 0 Å². The molecule has 1 aliphatic carbocycles. The molecule has 4 rings (SSSR count). The molecule has 0 aromatic carbocycles. The van der Waals surface area contributed by atoms with Gasteiger partial charge in [0, 0.05) is 64.2 Å². The molecule has 0 spiro atoms. The summed E-state index contributed by atoms with van der Waals surface area (Å²) in [6, 6.07) is -1.06. The Kier molecular flexibility index (Phi) is 14.0. The first-order valence-corrected chi connectivity index (χ1v) is 15.1. The molecule has 4 amide bonds. The van der Waals surface area contributed by atoms with Crippen LogP contribution in [0, 0.1) is 5.92 Å². The molecule has 0 bridgehead atoms. The average Bonchev–Trinajstić information content (AvgIpc) is 3.85. The second-order valence-electron chi connectivity index (χ2n) is 11.5. The fourth-order valence-corrected chi connectivity index (χ4v) is 5.56. The van der Waals surface area contributed by atoms with Crippen molar-refractivity contribution in [3.63, 3.8) is 0 Å². The smallest absolute Gasteiger partial charge is 0.271 e. The van der Waals surface area contributed by atoms with Crippen molar-refractivity contribution >= 4 is 42.4 Å². The van der Waals surface area contributed by atoms with Crippen LogP contribution in [-0.4, -0.2) is 130 Å². The number of aliphatic hydroxyl groups is 1. The third-order valence-electron chi connectivity index (χ3n) is 8.02. The lowest BCUT2D eigenvalue weighted by Crippen LogP contribution is -2.54. The Morgan fingerprint density at radius 1 is 1.09 bits per heavy atom. The number of hydrogen-bond donors (Lipinski definition) is 5. The van der Waals surface area contributed by atoms with E-state index < -0.39 is 11.9 Å². The standard InChI is InChI=1S/C28H44N10O5.ClH/c29-34-19-37-10-1-2-20(17-37)15-33-25(40)14-23(35-26(41)18-36-11-5-22(39)6-12-36)28(43)38(21-3-4-21)13-9-32-27(42)24-16-30-7-8-31-24;/h7-8,16,19-23,39H,1-6,9-15,17-18,29H2,(H,32,42)(H,33,40)(H,35,41);1H/t20-,23-;/m0./s1. The first kappa shape index (κ1) is 34.9. The quantitative estimate of drug-likeness (QED) is 0.0706. The van der Waals surface area contributed by atoms with Gasteiger partial charge < -0.3 is 36.7 Å². The fraction of sp³-hybridized carbons (Fsp3) is 0.679. The van der Waals surface area contributed by atoms with Gasteiger partial charge in [-0.3, -0.25) is 29.1 Å². The molecule has 2 atom stereocenters. The molecule has 0 radical (unpaired) electrons. The van der Waals surface area contributed by atoms with E-state index in [1.807, 2.05) is 9.80 Å². The minimum absolute atomic E-state index is 0. The van der Waals surface area contributed by atoms with Crippen molar-refractivity contribution < 1.29 is 24.3 Å². The Hall–Kier alpha value is -3.56. The van der Waals surface area contributed by atoms with Crippen LogP contribution >= 0.6 is 12.4 Å². The van der Waals surface area contributed by atoms with E-state index in [-0.39, 0.29) is 79.9 Å². The zero-order chi connectivity index (χ0) is 30.6. The van der Waals surface area contributed by atoms with Crippen LogP contribution in [0.3, 0.4) is 0 Å². The predicted molar refractivity (Wildman–Crippen MR) is 165 cm³/mol. The molecule has 6 N–H and O–H groups in total. The van der Waals surface area contributed by atoms with Gasteiger partial charge in [0.25, 0.3) is 5.91 Å². The van der Waals surface area contributed by atoms with Gasteiger partial charge in [0.1, 0.15) is 18.1 Å². The van der Waals surface area contributed by atoms with Crippen LogP contribution in [0.25, 0.3) is 0 Å². The summed E-state index contributed by atoms with van der Waals surface area (Å²) >= 11 is 0. The molecule has 15 nitrogen and oxygen atoms in total. The van der Waals surface area contributed by atoms with E-state index in [1.54, 1.807) is 11.2 Å². The van der Waals surface area contributed by atoms with Gasteiger partial charge in [-0.25, -0.2) is 4.98 Å². The van der Waals surface area contributed by atoms with Crippen LogP contribution in [0.15, 0.2) is 23.7 Å². The van der Waals surface area contributed by atoms with Crippen molar-refractivity contribution in [2.75, 3.05) is 52.4 Å². The Labute approximate surface area is 263 Å². The molecule has 2 saturated heterocycles. The van der Waals surface area contributed by atoms with E-state index in [2.05, 4.69) is 31.0 Å². The zero-order valence-electron chi connectivity index (χ0n) is 25.0. The highest BCUT2D eigenvalue weighted by Crippen LogP contribution is 2.27. The summed E-state index contributed by atoms with van der Waals surface area (Å²) in [5.74, 6) is 4.08. The second-order valence-corrected chi connectivity index (χ2v) is 11.5. The number of halogens is 1. The van der Waals surface area contributed by atoms with Crippen LogP contribution < -0.4 is 21.8 Å². The molecule has 3 aliphatic rings. The number of nitrogens with two attached hydrogens (primary N) is 1. The van der Waals surface area contributed by atoms with Crippen molar-refractivity contribution in [2.24, 2.45) is 16.9 Å². The molecule has 2 aliphatic heterocycles. The summed E-state index contributed by atoms with van der Waals surface area (Å²) in [6.45, 7) is 3.69. The number of carbonyl (C=O) groups excluding carboxylic acids is 4. The van der Waals surface area contributed by atoms with Crippen molar-refractivity contribution in [2.45, 2.75) is 63.1 Å². The molecule has 1 saturated carbocycles. The third-order valence-corrected chi connectivity index (χ3v) is 8.02. The number of nitrogens with zero attached hydrogens (tertiary/aromatic N) is 6. The number of carbonyl (C=O) groups is 4. The molecule has 3 heterocycles. The van der Waals surface area contributed by atoms with E-state index in [0.717, 1.165) is 38.8 Å². The van der Waals surface area contributed by atoms with Gasteiger partial charge in [0.15, 0.2) is 0 Å². The van der Waals surface area contributed by atoms with Crippen LogP contribution in [0.5, 0.6) is 0 Å². The van der Waals surface area contributed by atoms with E-state index in [9.17, 15) is 24.3 Å². The minimum atomic E-state index is -1.05. The molecular weight excluding hydrogens is 592 g/mol. The monoisotopic (exact) mass is 636 g/mol. The summed E-state index contributed by atoms with van der Waals surface area (Å²) in [5, 5.41) is 21.9. The zero-order valence-corrected chi connectivity index (χ0v) is 25.8. The van der Waals surface area contributed by atoms with Gasteiger partial charge in [-0.2, -0.15) is 5.10 Å². The number of likely N-dealkylation sites (tertiary alicyclic amines) is 2. The van der Waals surface area contributed by atoms with Crippen LogP contribution in [0.4, 0.5) is 0 Å². The van der Waals surface area contributed by atoms with Crippen LogP contribution in [0.2, 0.25) is 0 Å². The molecule has 16 heteroatoms.